The fraction of sp³-hybridized carbons (Fsp3) is 0.750. The van der Waals surface area contributed by atoms with Crippen LogP contribution in [0.3, 0.4) is 0 Å². The van der Waals surface area contributed by atoms with E-state index in [9.17, 15) is 24.3 Å². The van der Waals surface area contributed by atoms with Crippen molar-refractivity contribution in [1.82, 2.24) is 15.5 Å². The van der Waals surface area contributed by atoms with Crippen LogP contribution in [0.4, 0.5) is 9.59 Å². The van der Waals surface area contributed by atoms with Crippen LogP contribution < -0.4 is 16.4 Å². The van der Waals surface area contributed by atoms with Gasteiger partial charge in [-0.3, -0.25) is 4.79 Å². The van der Waals surface area contributed by atoms with E-state index in [1.54, 1.807) is 34.6 Å². The van der Waals surface area contributed by atoms with Gasteiger partial charge < -0.3 is 31.1 Å². The maximum Gasteiger partial charge on any atom is 0.408 e. The van der Waals surface area contributed by atoms with Crippen LogP contribution in [0.5, 0.6) is 0 Å². The van der Waals surface area contributed by atoms with Gasteiger partial charge in [0.2, 0.25) is 5.91 Å². The number of nitrogens with one attached hydrogen (secondary N) is 2. The van der Waals surface area contributed by atoms with Crippen LogP contribution in [-0.2, 0) is 14.3 Å². The molecular weight excluding hydrogens is 344 g/mol. The molecule has 1 rings (SSSR count). The number of nitrogens with zero attached hydrogens (tertiary/aromatic N) is 1. The number of rotatable bonds is 5. The lowest BCUT2D eigenvalue weighted by Gasteiger charge is -2.30. The van der Waals surface area contributed by atoms with Gasteiger partial charge in [-0.2, -0.15) is 0 Å². The number of carboxylic acids is 1. The summed E-state index contributed by atoms with van der Waals surface area (Å²) >= 11 is 0. The van der Waals surface area contributed by atoms with Gasteiger partial charge in [0.05, 0.1) is 6.54 Å². The number of ether oxygens (including phenoxy) is 1. The lowest BCUT2D eigenvalue weighted by molar-refractivity contribution is -0.144. The van der Waals surface area contributed by atoms with Crippen molar-refractivity contribution in [2.24, 2.45) is 11.7 Å². The number of nitrogens with two attached hydrogens (primary N) is 1. The van der Waals surface area contributed by atoms with E-state index in [0.717, 1.165) is 0 Å². The van der Waals surface area contributed by atoms with Gasteiger partial charge in [0.15, 0.2) is 5.54 Å². The molecule has 0 radical (unpaired) electrons. The highest BCUT2D eigenvalue weighted by Gasteiger charge is 2.49. The van der Waals surface area contributed by atoms with E-state index in [-0.39, 0.29) is 25.4 Å². The zero-order valence-corrected chi connectivity index (χ0v) is 15.8. The van der Waals surface area contributed by atoms with E-state index in [1.165, 1.54) is 4.90 Å². The Bertz CT molecular complexity index is 586. The molecule has 2 atom stereocenters. The predicted molar refractivity (Wildman–Crippen MR) is 92.3 cm³/mol. The highest BCUT2D eigenvalue weighted by Crippen LogP contribution is 2.24. The Morgan fingerprint density at radius 1 is 1.23 bits per heavy atom. The second-order valence-corrected chi connectivity index (χ2v) is 7.75. The van der Waals surface area contributed by atoms with Crippen molar-refractivity contribution in [3.05, 3.63) is 0 Å². The monoisotopic (exact) mass is 372 g/mol. The molecule has 1 saturated heterocycles. The number of likely N-dealkylation sites (tertiary alicyclic amines) is 1. The number of hydrogen-bond donors (Lipinski definition) is 4. The highest BCUT2D eigenvalue weighted by atomic mass is 16.6. The fourth-order valence-corrected chi connectivity index (χ4v) is 2.69. The molecule has 0 bridgehead atoms. The van der Waals surface area contributed by atoms with Crippen LogP contribution in [-0.4, -0.2) is 64.3 Å². The smallest absolute Gasteiger partial charge is 0.408 e. The number of carboxylic acid groups (broad SMARTS) is 1. The van der Waals surface area contributed by atoms with Crippen molar-refractivity contribution in [2.45, 2.75) is 58.2 Å². The first kappa shape index (κ1) is 21.5. The SMILES string of the molecule is CC(C)C(NC(N)=O)C(=O)N1CCC(NC(=O)OC(C)(C)C)(C(=O)O)C1. The van der Waals surface area contributed by atoms with Crippen LogP contribution in [0, 0.1) is 5.92 Å². The standard InChI is InChI=1S/C16H28N4O6/c1-9(2)10(18-13(17)24)11(21)20-7-6-16(8-20,12(22)23)19-14(25)26-15(3,4)5/h9-10H,6-8H2,1-5H3,(H,19,25)(H,22,23)(H3,17,18,24). The summed E-state index contributed by atoms with van der Waals surface area (Å²) in [6.45, 7) is 8.33. The predicted octanol–water partition coefficient (Wildman–Crippen LogP) is 0.260. The van der Waals surface area contributed by atoms with Crippen LogP contribution in [0.2, 0.25) is 0 Å². The van der Waals surface area contributed by atoms with Crippen molar-refractivity contribution in [3.8, 4) is 0 Å². The second kappa shape index (κ2) is 7.79. The Labute approximate surface area is 152 Å². The fourth-order valence-electron chi connectivity index (χ4n) is 2.69. The molecule has 0 aromatic rings. The minimum absolute atomic E-state index is 0.0225. The first-order chi connectivity index (χ1) is 11.8. The number of carbonyl (C=O) groups is 4. The molecule has 2 unspecified atom stereocenters. The van der Waals surface area contributed by atoms with Crippen molar-refractivity contribution >= 4 is 24.0 Å². The quantitative estimate of drug-likeness (QED) is 0.543. The molecule has 0 saturated carbocycles. The molecule has 1 aliphatic heterocycles. The summed E-state index contributed by atoms with van der Waals surface area (Å²) in [6.07, 6.45) is -0.848. The zero-order chi connectivity index (χ0) is 20.3. The largest absolute Gasteiger partial charge is 0.479 e. The Hall–Kier alpha value is -2.52. The Morgan fingerprint density at radius 3 is 2.23 bits per heavy atom. The van der Waals surface area contributed by atoms with Gasteiger partial charge >= 0.3 is 18.1 Å². The van der Waals surface area contributed by atoms with E-state index in [2.05, 4.69) is 10.6 Å². The van der Waals surface area contributed by atoms with Gasteiger partial charge in [0, 0.05) is 13.0 Å². The van der Waals surface area contributed by atoms with Crippen molar-refractivity contribution in [3.63, 3.8) is 0 Å². The van der Waals surface area contributed by atoms with Gasteiger partial charge in [0.1, 0.15) is 11.6 Å². The summed E-state index contributed by atoms with van der Waals surface area (Å²) in [5.41, 5.74) is 2.67. The molecule has 4 amide bonds. The minimum atomic E-state index is -1.65. The van der Waals surface area contributed by atoms with Crippen molar-refractivity contribution in [1.29, 1.82) is 0 Å². The van der Waals surface area contributed by atoms with E-state index in [4.69, 9.17) is 10.5 Å². The molecule has 5 N–H and O–H groups in total. The van der Waals surface area contributed by atoms with Gasteiger partial charge in [-0.25, -0.2) is 14.4 Å². The maximum absolute atomic E-state index is 12.7. The summed E-state index contributed by atoms with van der Waals surface area (Å²) in [5, 5.41) is 14.4. The van der Waals surface area contributed by atoms with Crippen LogP contribution >= 0.6 is 0 Å². The summed E-state index contributed by atoms with van der Waals surface area (Å²) in [7, 11) is 0. The third-order valence-corrected chi connectivity index (χ3v) is 3.96. The van der Waals surface area contributed by atoms with Crippen LogP contribution in [0.15, 0.2) is 0 Å². The second-order valence-electron chi connectivity index (χ2n) is 7.75. The normalized spacial score (nSPS) is 21.2. The van der Waals surface area contributed by atoms with Gasteiger partial charge in [-0.15, -0.1) is 0 Å². The highest BCUT2D eigenvalue weighted by molar-refractivity contribution is 5.90. The van der Waals surface area contributed by atoms with Gasteiger partial charge in [-0.05, 0) is 26.7 Å². The van der Waals surface area contributed by atoms with Gasteiger partial charge in [-0.1, -0.05) is 13.8 Å². The Kier molecular flexibility index (Phi) is 6.45. The summed E-state index contributed by atoms with van der Waals surface area (Å²) < 4.78 is 5.12. The lowest BCUT2D eigenvalue weighted by Crippen LogP contribution is -2.59. The summed E-state index contributed by atoms with van der Waals surface area (Å²) in [4.78, 5) is 48.9. The van der Waals surface area contributed by atoms with Crippen LogP contribution in [0.25, 0.3) is 0 Å². The maximum atomic E-state index is 12.7. The third-order valence-electron chi connectivity index (χ3n) is 3.96. The van der Waals surface area contributed by atoms with Gasteiger partial charge in [0.25, 0.3) is 0 Å². The Morgan fingerprint density at radius 2 is 1.81 bits per heavy atom. The third kappa shape index (κ3) is 5.50. The number of urea groups is 1. The van der Waals surface area contributed by atoms with E-state index in [1.807, 2.05) is 0 Å². The first-order valence-electron chi connectivity index (χ1n) is 8.37. The number of carbonyl (C=O) groups excluding carboxylic acids is 3. The van der Waals surface area contributed by atoms with Crippen molar-refractivity contribution in [2.75, 3.05) is 13.1 Å². The molecule has 1 fully saturated rings. The number of aliphatic carboxylic acids is 1. The molecule has 148 valence electrons. The Balaban J connectivity index is 2.92. The molecule has 10 nitrogen and oxygen atoms in total. The topological polar surface area (TPSA) is 151 Å². The molecule has 0 aliphatic carbocycles. The van der Waals surface area contributed by atoms with E-state index >= 15 is 0 Å². The zero-order valence-electron chi connectivity index (χ0n) is 15.8. The summed E-state index contributed by atoms with van der Waals surface area (Å²) in [6, 6.07) is -1.72. The van der Waals surface area contributed by atoms with Crippen LogP contribution in [0.1, 0.15) is 41.0 Å². The number of primary amides is 1. The average Bonchev–Trinajstić information content (AvgIpc) is 2.86. The molecule has 0 spiro atoms. The summed E-state index contributed by atoms with van der Waals surface area (Å²) in [5.74, 6) is -1.95. The van der Waals surface area contributed by atoms with E-state index < -0.39 is 41.2 Å². The number of alkyl carbamates (subject to hydrolysis) is 1. The molecule has 1 heterocycles. The lowest BCUT2D eigenvalue weighted by atomic mass is 9.99. The molecular formula is C16H28N4O6. The first-order valence-corrected chi connectivity index (χ1v) is 8.37. The minimum Gasteiger partial charge on any atom is -0.479 e. The molecule has 0 aromatic heterocycles. The number of amides is 4. The molecule has 0 aromatic carbocycles. The average molecular weight is 372 g/mol. The molecule has 1 aliphatic rings. The molecule has 10 heteroatoms. The van der Waals surface area contributed by atoms with E-state index in [0.29, 0.717) is 0 Å². The molecule has 26 heavy (non-hydrogen) atoms. The number of hydrogen-bond acceptors (Lipinski definition) is 5. The van der Waals surface area contributed by atoms with Crippen molar-refractivity contribution < 1.29 is 29.0 Å².